The lowest BCUT2D eigenvalue weighted by Gasteiger charge is -2.64. The number of carbonyl (C=O) groups excluding carboxylic acids is 3. The van der Waals surface area contributed by atoms with Crippen LogP contribution in [0.15, 0.2) is 11.6 Å². The van der Waals surface area contributed by atoms with E-state index in [-0.39, 0.29) is 25.6 Å². The minimum Gasteiger partial charge on any atom is -0.465 e. The highest BCUT2D eigenvalue weighted by Gasteiger charge is 2.77. The lowest BCUT2D eigenvalue weighted by atomic mass is 9.42. The van der Waals surface area contributed by atoms with Crippen molar-refractivity contribution in [1.82, 2.24) is 0 Å². The molecule has 2 saturated carbocycles. The lowest BCUT2D eigenvalue weighted by molar-refractivity contribution is -0.254. The summed E-state index contributed by atoms with van der Waals surface area (Å²) >= 11 is 0. The van der Waals surface area contributed by atoms with Crippen molar-refractivity contribution < 1.29 is 43.5 Å². The van der Waals surface area contributed by atoms with E-state index in [1.54, 1.807) is 0 Å². The topological polar surface area (TPSA) is 132 Å². The number of ether oxygens (including phenoxy) is 4. The Kier molecular flexibility index (Phi) is 6.12. The van der Waals surface area contributed by atoms with Crippen molar-refractivity contribution in [3.05, 3.63) is 11.6 Å². The van der Waals surface area contributed by atoms with Gasteiger partial charge in [0.1, 0.15) is 24.9 Å². The average Bonchev–Trinajstić information content (AvgIpc) is 3.38. The molecule has 184 valence electrons. The third kappa shape index (κ3) is 3.88. The molecule has 2 aliphatic heterocycles. The van der Waals surface area contributed by atoms with Gasteiger partial charge in [-0.1, -0.05) is 13.8 Å². The number of hydrogen-bond acceptors (Lipinski definition) is 9. The summed E-state index contributed by atoms with van der Waals surface area (Å²) in [7, 11) is 0. The molecule has 8 atom stereocenters. The second-order valence-corrected chi connectivity index (χ2v) is 10.5. The maximum absolute atomic E-state index is 12.1. The van der Waals surface area contributed by atoms with Gasteiger partial charge in [-0.2, -0.15) is 0 Å². The fourth-order valence-electron chi connectivity index (χ4n) is 6.88. The molecule has 4 rings (SSSR count). The highest BCUT2D eigenvalue weighted by molar-refractivity contribution is 5.85. The molecule has 1 spiro atoms. The summed E-state index contributed by atoms with van der Waals surface area (Å²) in [4.78, 5) is 35.5. The summed E-state index contributed by atoms with van der Waals surface area (Å²) in [5.41, 5.74) is -1.77. The first-order valence-corrected chi connectivity index (χ1v) is 11.6. The van der Waals surface area contributed by atoms with Crippen LogP contribution in [-0.4, -0.2) is 71.9 Å². The van der Waals surface area contributed by atoms with E-state index in [1.807, 2.05) is 13.8 Å². The lowest BCUT2D eigenvalue weighted by Crippen LogP contribution is -2.70. The van der Waals surface area contributed by atoms with Crippen LogP contribution in [0, 0.1) is 22.7 Å². The fraction of sp³-hybridized carbons (Fsp3) is 0.792. The number of epoxide rings is 1. The van der Waals surface area contributed by atoms with E-state index in [2.05, 4.69) is 0 Å². The zero-order valence-electron chi connectivity index (χ0n) is 19.7. The Labute approximate surface area is 193 Å². The molecule has 3 fully saturated rings. The first-order valence-electron chi connectivity index (χ1n) is 11.6. The molecular weight excluding hydrogens is 432 g/mol. The molecule has 9 nitrogen and oxygen atoms in total. The van der Waals surface area contributed by atoms with E-state index in [9.17, 15) is 24.6 Å². The number of carbonyl (C=O) groups is 3. The number of rotatable bonds is 6. The Bertz CT molecular complexity index is 862. The number of fused-ring (bicyclic) bond motifs is 2. The summed E-state index contributed by atoms with van der Waals surface area (Å²) in [6, 6.07) is 0. The zero-order valence-corrected chi connectivity index (χ0v) is 19.7. The van der Waals surface area contributed by atoms with Crippen molar-refractivity contribution in [2.45, 2.75) is 77.3 Å². The Hall–Kier alpha value is -1.97. The van der Waals surface area contributed by atoms with Crippen LogP contribution in [-0.2, 0) is 33.3 Å². The van der Waals surface area contributed by atoms with Crippen LogP contribution in [0.5, 0.6) is 0 Å². The molecule has 0 aromatic carbocycles. The normalized spacial score (nSPS) is 42.7. The Balaban J connectivity index is 1.79. The first kappa shape index (κ1) is 24.2. The number of aliphatic hydroxyl groups is 2. The first-order chi connectivity index (χ1) is 15.4. The molecule has 33 heavy (non-hydrogen) atoms. The zero-order chi connectivity index (χ0) is 24.2. The van der Waals surface area contributed by atoms with Crippen molar-refractivity contribution in [3.8, 4) is 0 Å². The maximum atomic E-state index is 12.1. The van der Waals surface area contributed by atoms with Crippen molar-refractivity contribution in [2.24, 2.45) is 22.7 Å². The summed E-state index contributed by atoms with van der Waals surface area (Å²) < 4.78 is 22.4. The van der Waals surface area contributed by atoms with Crippen LogP contribution in [0.25, 0.3) is 0 Å². The van der Waals surface area contributed by atoms with E-state index in [1.165, 1.54) is 19.9 Å². The van der Waals surface area contributed by atoms with E-state index < -0.39 is 58.6 Å². The van der Waals surface area contributed by atoms with Crippen LogP contribution >= 0.6 is 0 Å². The van der Waals surface area contributed by atoms with Crippen LogP contribution in [0.4, 0.5) is 0 Å². The molecule has 2 heterocycles. The highest BCUT2D eigenvalue weighted by atomic mass is 16.6. The summed E-state index contributed by atoms with van der Waals surface area (Å²) in [5.74, 6) is -1.93. The van der Waals surface area contributed by atoms with Gasteiger partial charge in [0.15, 0.2) is 0 Å². The number of hydrogen-bond donors (Lipinski definition) is 2. The SMILES string of the molecule is CC(=O)OC[C@@]12[C@@H](OC(C)=O)C[C@@H](C)[C@](C)(C[C@@H](O)C3=CC(=O)OC3)[C@H]1[C@H](O)CC[C@]21CO1. The molecule has 0 radical (unpaired) electrons. The number of cyclic esters (lactones) is 1. The van der Waals surface area contributed by atoms with Crippen molar-refractivity contribution >= 4 is 17.9 Å². The predicted molar refractivity (Wildman–Crippen MR) is 114 cm³/mol. The minimum atomic E-state index is -0.959. The Morgan fingerprint density at radius 3 is 2.55 bits per heavy atom. The van der Waals surface area contributed by atoms with Gasteiger partial charge in [-0.15, -0.1) is 0 Å². The largest absolute Gasteiger partial charge is 0.465 e. The maximum Gasteiger partial charge on any atom is 0.331 e. The van der Waals surface area contributed by atoms with Gasteiger partial charge in [0.2, 0.25) is 0 Å². The Morgan fingerprint density at radius 1 is 1.30 bits per heavy atom. The molecule has 4 aliphatic rings. The van der Waals surface area contributed by atoms with Crippen LogP contribution in [0.3, 0.4) is 0 Å². The van der Waals surface area contributed by atoms with Gasteiger partial charge in [-0.3, -0.25) is 9.59 Å². The molecule has 0 aromatic heterocycles. The second kappa shape index (κ2) is 8.36. The van der Waals surface area contributed by atoms with Gasteiger partial charge in [0, 0.05) is 31.4 Å². The van der Waals surface area contributed by atoms with E-state index in [0.717, 1.165) is 0 Å². The van der Waals surface area contributed by atoms with Crippen LogP contribution in [0.1, 0.15) is 53.4 Å². The molecule has 0 unspecified atom stereocenters. The number of aliphatic hydroxyl groups excluding tert-OH is 2. The summed E-state index contributed by atoms with van der Waals surface area (Å²) in [6.07, 6.45) is 0.766. The standard InChI is InChI=1S/C24H34O9/c1-13-7-19(33-15(3)26)24(12-31-14(2)25)21(17(27)5-6-23(24)11-32-23)22(13,4)9-18(28)16-8-20(29)30-10-16/h8,13,17-19,21,27-28H,5-7,9-12H2,1-4H3/t13-,17-,18-,19+,21-,22+,23+,24-/m1/s1. The van der Waals surface area contributed by atoms with Gasteiger partial charge in [-0.25, -0.2) is 4.79 Å². The van der Waals surface area contributed by atoms with Gasteiger partial charge >= 0.3 is 17.9 Å². The van der Waals surface area contributed by atoms with E-state index in [4.69, 9.17) is 18.9 Å². The van der Waals surface area contributed by atoms with Gasteiger partial charge in [0.25, 0.3) is 0 Å². The minimum absolute atomic E-state index is 0.0411. The number of esters is 3. The van der Waals surface area contributed by atoms with Crippen molar-refractivity contribution in [2.75, 3.05) is 19.8 Å². The smallest absolute Gasteiger partial charge is 0.331 e. The van der Waals surface area contributed by atoms with E-state index >= 15 is 0 Å². The van der Waals surface area contributed by atoms with Gasteiger partial charge in [0.05, 0.1) is 24.2 Å². The van der Waals surface area contributed by atoms with Crippen molar-refractivity contribution in [3.63, 3.8) is 0 Å². The third-order valence-corrected chi connectivity index (χ3v) is 8.67. The highest BCUT2D eigenvalue weighted by Crippen LogP contribution is 2.69. The molecule has 9 heteroatoms. The molecule has 0 amide bonds. The summed E-state index contributed by atoms with van der Waals surface area (Å²) in [5, 5.41) is 22.5. The molecule has 2 N–H and O–H groups in total. The molecule has 0 bridgehead atoms. The van der Waals surface area contributed by atoms with Crippen LogP contribution < -0.4 is 0 Å². The quantitative estimate of drug-likeness (QED) is 0.338. The second-order valence-electron chi connectivity index (χ2n) is 10.5. The van der Waals surface area contributed by atoms with Gasteiger partial charge in [-0.05, 0) is 37.0 Å². The molecule has 2 aliphatic carbocycles. The van der Waals surface area contributed by atoms with Crippen LogP contribution in [0.2, 0.25) is 0 Å². The monoisotopic (exact) mass is 466 g/mol. The molecular formula is C24H34O9. The van der Waals surface area contributed by atoms with E-state index in [0.29, 0.717) is 31.4 Å². The summed E-state index contributed by atoms with van der Waals surface area (Å²) in [6.45, 7) is 7.12. The molecule has 1 saturated heterocycles. The third-order valence-electron chi connectivity index (χ3n) is 8.67. The van der Waals surface area contributed by atoms with Crippen molar-refractivity contribution in [1.29, 1.82) is 0 Å². The molecule has 0 aromatic rings. The average molecular weight is 467 g/mol. The van der Waals surface area contributed by atoms with Gasteiger partial charge < -0.3 is 29.2 Å². The predicted octanol–water partition coefficient (Wildman–Crippen LogP) is 1.29. The Morgan fingerprint density at radius 2 is 2.00 bits per heavy atom. The fourth-order valence-corrected chi connectivity index (χ4v) is 6.88.